The van der Waals surface area contributed by atoms with Crippen LogP contribution in [0.3, 0.4) is 0 Å². The predicted molar refractivity (Wildman–Crippen MR) is 117 cm³/mol. The zero-order valence-electron chi connectivity index (χ0n) is 17.4. The number of aryl methyl sites for hydroxylation is 1. The molecule has 2 heterocycles. The number of halogens is 3. The van der Waals surface area contributed by atoms with E-state index in [9.17, 15) is 13.2 Å². The maximum atomic E-state index is 12.2. The van der Waals surface area contributed by atoms with Crippen molar-refractivity contribution in [3.8, 4) is 5.75 Å². The van der Waals surface area contributed by atoms with Crippen molar-refractivity contribution >= 4 is 16.6 Å². The average molecular weight is 428 g/mol. The van der Waals surface area contributed by atoms with Gasteiger partial charge in [0.25, 0.3) is 0 Å². The highest BCUT2D eigenvalue weighted by atomic mass is 19.4. The van der Waals surface area contributed by atoms with Gasteiger partial charge in [-0.05, 0) is 61.4 Å². The Morgan fingerprint density at radius 3 is 2.42 bits per heavy atom. The quantitative estimate of drug-likeness (QED) is 0.389. The molecule has 6 heteroatoms. The molecular formula is C25H27F3N2O. The van der Waals surface area contributed by atoms with E-state index in [0.717, 1.165) is 49.4 Å². The second-order valence-corrected chi connectivity index (χ2v) is 8.22. The molecular weight excluding hydrogens is 401 g/mol. The smallest absolute Gasteiger partial charge is 0.406 e. The first kappa shape index (κ1) is 21.5. The highest BCUT2D eigenvalue weighted by Gasteiger charge is 2.30. The molecule has 0 saturated carbocycles. The summed E-state index contributed by atoms with van der Waals surface area (Å²) in [4.78, 5) is 6.94. The van der Waals surface area contributed by atoms with Crippen LogP contribution in [0.1, 0.15) is 37.7 Å². The summed E-state index contributed by atoms with van der Waals surface area (Å²) in [6.07, 6.45) is 3.93. The fourth-order valence-electron chi connectivity index (χ4n) is 4.44. The summed E-state index contributed by atoms with van der Waals surface area (Å²) in [5, 5.41) is 1.22. The van der Waals surface area contributed by atoms with Gasteiger partial charge in [0.05, 0.1) is 5.52 Å². The van der Waals surface area contributed by atoms with Crippen LogP contribution in [0.15, 0.2) is 60.8 Å². The number of hydrogen-bond donors (Lipinski definition) is 0. The molecule has 1 aliphatic rings. The summed E-state index contributed by atoms with van der Waals surface area (Å²) in [5.41, 5.74) is 3.37. The number of piperidine rings is 1. The van der Waals surface area contributed by atoms with E-state index in [1.54, 1.807) is 12.1 Å². The number of aromatic nitrogens is 1. The zero-order chi connectivity index (χ0) is 21.7. The van der Waals surface area contributed by atoms with Crippen LogP contribution in [0.2, 0.25) is 0 Å². The molecule has 0 radical (unpaired) electrons. The minimum absolute atomic E-state index is 0.162. The molecule has 3 aromatic rings. The van der Waals surface area contributed by atoms with Gasteiger partial charge in [0, 0.05) is 30.4 Å². The fourth-order valence-corrected chi connectivity index (χ4v) is 4.44. The topological polar surface area (TPSA) is 25.4 Å². The molecule has 1 saturated heterocycles. The van der Waals surface area contributed by atoms with Gasteiger partial charge in [-0.25, -0.2) is 0 Å². The Labute approximate surface area is 180 Å². The van der Waals surface area contributed by atoms with Crippen LogP contribution in [0.5, 0.6) is 5.75 Å². The van der Waals surface area contributed by atoms with Crippen molar-refractivity contribution in [2.45, 2.75) is 44.9 Å². The normalized spacial score (nSPS) is 15.4. The number of rotatable bonds is 7. The highest BCUT2D eigenvalue weighted by molar-refractivity contribution is 5.91. The number of unbranched alkanes of at least 4 members (excludes halogenated alkanes) is 1. The molecule has 2 aromatic carbocycles. The van der Waals surface area contributed by atoms with E-state index >= 15 is 0 Å². The molecule has 0 N–H and O–H groups in total. The summed E-state index contributed by atoms with van der Waals surface area (Å²) in [6, 6.07) is 16.6. The molecule has 31 heavy (non-hydrogen) atoms. The van der Waals surface area contributed by atoms with E-state index in [1.807, 2.05) is 12.3 Å². The molecule has 1 aromatic heterocycles. The Morgan fingerprint density at radius 1 is 0.935 bits per heavy atom. The molecule has 0 spiro atoms. The van der Waals surface area contributed by atoms with Gasteiger partial charge in [0.1, 0.15) is 5.75 Å². The van der Waals surface area contributed by atoms with Crippen molar-refractivity contribution in [1.29, 1.82) is 0 Å². The van der Waals surface area contributed by atoms with Gasteiger partial charge in [-0.1, -0.05) is 43.2 Å². The van der Waals surface area contributed by atoms with Gasteiger partial charge in [-0.3, -0.25) is 4.98 Å². The van der Waals surface area contributed by atoms with E-state index in [0.29, 0.717) is 0 Å². The van der Waals surface area contributed by atoms with Crippen molar-refractivity contribution in [3.05, 3.63) is 66.4 Å². The standard InChI is InChI=1S/C25H27F3N2O/c26-25(27,28)31-21-11-9-19(10-12-21)5-1-2-6-20-14-17-30(18-15-20)24-13-16-29-23-8-4-3-7-22(23)24/h3-4,7-13,16,20H,1-2,5-6,14-15,17-18H2. The molecule has 1 fully saturated rings. The van der Waals surface area contributed by atoms with Crippen molar-refractivity contribution in [1.82, 2.24) is 4.98 Å². The molecule has 0 aliphatic carbocycles. The summed E-state index contributed by atoms with van der Waals surface area (Å²) in [7, 11) is 0. The van der Waals surface area contributed by atoms with Crippen LogP contribution in [0.4, 0.5) is 18.9 Å². The Morgan fingerprint density at radius 2 is 1.68 bits per heavy atom. The fraction of sp³-hybridized carbons (Fsp3) is 0.400. The largest absolute Gasteiger partial charge is 0.573 e. The van der Waals surface area contributed by atoms with Gasteiger partial charge in [-0.2, -0.15) is 0 Å². The van der Waals surface area contributed by atoms with Gasteiger partial charge >= 0.3 is 6.36 Å². The lowest BCUT2D eigenvalue weighted by molar-refractivity contribution is -0.274. The monoisotopic (exact) mass is 428 g/mol. The third-order valence-electron chi connectivity index (χ3n) is 6.07. The summed E-state index contributed by atoms with van der Waals surface area (Å²) >= 11 is 0. The number of alkyl halides is 3. The Kier molecular flexibility index (Phi) is 6.64. The number of nitrogens with zero attached hydrogens (tertiary/aromatic N) is 2. The first-order chi connectivity index (χ1) is 15.0. The van der Waals surface area contributed by atoms with Gasteiger partial charge in [0.15, 0.2) is 0 Å². The van der Waals surface area contributed by atoms with E-state index in [1.165, 1.54) is 42.5 Å². The van der Waals surface area contributed by atoms with Gasteiger partial charge < -0.3 is 9.64 Å². The van der Waals surface area contributed by atoms with E-state index < -0.39 is 6.36 Å². The molecule has 0 atom stereocenters. The van der Waals surface area contributed by atoms with Crippen LogP contribution < -0.4 is 9.64 Å². The zero-order valence-corrected chi connectivity index (χ0v) is 17.4. The second-order valence-electron chi connectivity index (χ2n) is 8.22. The molecule has 0 unspecified atom stereocenters. The van der Waals surface area contributed by atoms with E-state index in [-0.39, 0.29) is 5.75 Å². The SMILES string of the molecule is FC(F)(F)Oc1ccc(CCCCC2CCN(c3ccnc4ccccc34)CC2)cc1. The first-order valence-electron chi connectivity index (χ1n) is 10.9. The number of ether oxygens (including phenoxy) is 1. The van der Waals surface area contributed by atoms with Crippen molar-refractivity contribution in [2.75, 3.05) is 18.0 Å². The molecule has 3 nitrogen and oxygen atoms in total. The first-order valence-corrected chi connectivity index (χ1v) is 10.9. The molecule has 0 bridgehead atoms. The van der Waals surface area contributed by atoms with Crippen LogP contribution in [0.25, 0.3) is 10.9 Å². The minimum Gasteiger partial charge on any atom is -0.406 e. The number of para-hydroxylation sites is 1. The maximum Gasteiger partial charge on any atom is 0.573 e. The third-order valence-corrected chi connectivity index (χ3v) is 6.07. The average Bonchev–Trinajstić information content (AvgIpc) is 2.77. The van der Waals surface area contributed by atoms with Crippen molar-refractivity contribution in [2.24, 2.45) is 5.92 Å². The van der Waals surface area contributed by atoms with Gasteiger partial charge in [-0.15, -0.1) is 13.2 Å². The van der Waals surface area contributed by atoms with Crippen LogP contribution in [-0.4, -0.2) is 24.4 Å². The molecule has 0 amide bonds. The van der Waals surface area contributed by atoms with Crippen LogP contribution in [-0.2, 0) is 6.42 Å². The highest BCUT2D eigenvalue weighted by Crippen LogP contribution is 2.31. The minimum atomic E-state index is -4.64. The Balaban J connectivity index is 1.20. The number of hydrogen-bond acceptors (Lipinski definition) is 3. The molecule has 4 rings (SSSR count). The lowest BCUT2D eigenvalue weighted by Gasteiger charge is -2.34. The summed E-state index contributed by atoms with van der Waals surface area (Å²) in [5.74, 6) is 0.580. The molecule has 1 aliphatic heterocycles. The van der Waals surface area contributed by atoms with Crippen LogP contribution >= 0.6 is 0 Å². The summed E-state index contributed by atoms with van der Waals surface area (Å²) in [6.45, 7) is 2.14. The van der Waals surface area contributed by atoms with E-state index in [4.69, 9.17) is 0 Å². The number of fused-ring (bicyclic) bond motifs is 1. The number of benzene rings is 2. The third kappa shape index (κ3) is 5.90. The second kappa shape index (κ2) is 9.58. The maximum absolute atomic E-state index is 12.2. The van der Waals surface area contributed by atoms with E-state index in [2.05, 4.69) is 38.9 Å². The lowest BCUT2D eigenvalue weighted by atomic mass is 9.90. The number of anilines is 1. The summed E-state index contributed by atoms with van der Waals surface area (Å²) < 4.78 is 40.6. The number of pyridine rings is 1. The Bertz CT molecular complexity index is 975. The van der Waals surface area contributed by atoms with Crippen molar-refractivity contribution < 1.29 is 17.9 Å². The van der Waals surface area contributed by atoms with Crippen molar-refractivity contribution in [3.63, 3.8) is 0 Å². The predicted octanol–water partition coefficient (Wildman–Crippen LogP) is 6.76. The van der Waals surface area contributed by atoms with Gasteiger partial charge in [0.2, 0.25) is 0 Å². The molecule has 164 valence electrons. The Hall–Kier alpha value is -2.76. The lowest BCUT2D eigenvalue weighted by Crippen LogP contribution is -2.33. The van der Waals surface area contributed by atoms with Crippen LogP contribution in [0, 0.1) is 5.92 Å².